The monoisotopic (exact) mass is 363 g/mol. The second kappa shape index (κ2) is 5.08. The number of para-hydroxylation sites is 1. The Morgan fingerprint density at radius 1 is 1.11 bits per heavy atom. The van der Waals surface area contributed by atoms with Gasteiger partial charge >= 0.3 is 22.9 Å². The number of H-pyrrole nitrogens is 1. The number of azo groups is 1. The summed E-state index contributed by atoms with van der Waals surface area (Å²) >= 11 is 2.19. The van der Waals surface area contributed by atoms with Crippen LogP contribution in [0.5, 0.6) is 0 Å². The van der Waals surface area contributed by atoms with Crippen molar-refractivity contribution in [2.24, 2.45) is 10.2 Å². The summed E-state index contributed by atoms with van der Waals surface area (Å²) in [6.07, 6.45) is 3.88. The average Bonchev–Trinajstić information content (AvgIpc) is 2.72. The van der Waals surface area contributed by atoms with Crippen LogP contribution < -0.4 is 2.78 Å². The van der Waals surface area contributed by atoms with Gasteiger partial charge in [-0.05, 0) is 19.1 Å². The van der Waals surface area contributed by atoms with Crippen LogP contribution in [0.15, 0.2) is 59.0 Å². The number of aryl methyl sites for hydroxylation is 1. The average molecular weight is 363 g/mol. The zero-order chi connectivity index (χ0) is 13.2. The van der Waals surface area contributed by atoms with E-state index in [2.05, 4.69) is 44.1 Å². The van der Waals surface area contributed by atoms with E-state index in [1.807, 2.05) is 52.4 Å². The van der Waals surface area contributed by atoms with E-state index in [0.29, 0.717) is 0 Å². The molecule has 4 nitrogen and oxygen atoms in total. The van der Waals surface area contributed by atoms with Crippen LogP contribution in [0.1, 0.15) is 5.69 Å². The quantitative estimate of drug-likeness (QED) is 0.519. The molecule has 0 unspecified atom stereocenters. The highest BCUT2D eigenvalue weighted by molar-refractivity contribution is 14.1. The smallest absolute Gasteiger partial charge is 0.353 e. The Bertz CT molecular complexity index is 761. The van der Waals surface area contributed by atoms with Gasteiger partial charge in [0.15, 0.2) is 11.9 Å². The molecule has 5 heteroatoms. The molecule has 3 aromatic rings. The number of hydrogen-bond donors (Lipinski definition) is 1. The lowest BCUT2D eigenvalue weighted by molar-refractivity contribution is -0.439. The Hall–Kier alpha value is -1.76. The second-order valence-electron chi connectivity index (χ2n) is 4.25. The lowest BCUT2D eigenvalue weighted by atomic mass is 10.2. The first-order valence-corrected chi connectivity index (χ1v) is 6.87. The lowest BCUT2D eigenvalue weighted by Crippen LogP contribution is -2.15. The van der Waals surface area contributed by atoms with Gasteiger partial charge in [-0.25, -0.2) is 0 Å². The molecule has 2 aromatic heterocycles. The van der Waals surface area contributed by atoms with Crippen molar-refractivity contribution in [2.75, 3.05) is 0 Å². The third-order valence-corrected chi connectivity index (χ3v) is 3.48. The summed E-state index contributed by atoms with van der Waals surface area (Å²) in [6, 6.07) is 12.0. The number of hydrogen-bond acceptors (Lipinski definition) is 2. The number of nitrogens with one attached hydrogen (secondary N) is 1. The predicted octanol–water partition coefficient (Wildman–Crippen LogP) is 4.38. The number of pyridine rings is 1. The molecular weight excluding hydrogens is 351 g/mol. The van der Waals surface area contributed by atoms with Gasteiger partial charge < -0.3 is 4.98 Å². The van der Waals surface area contributed by atoms with Crippen LogP contribution in [0.25, 0.3) is 10.9 Å². The molecule has 0 atom stereocenters. The van der Waals surface area contributed by atoms with E-state index in [1.54, 1.807) is 0 Å². The zero-order valence-corrected chi connectivity index (χ0v) is 12.5. The van der Waals surface area contributed by atoms with E-state index in [0.717, 1.165) is 28.0 Å². The van der Waals surface area contributed by atoms with Gasteiger partial charge in [0.1, 0.15) is 5.69 Å². The number of aromatic nitrogens is 2. The van der Waals surface area contributed by atoms with Crippen LogP contribution in [-0.2, 0) is 0 Å². The summed E-state index contributed by atoms with van der Waals surface area (Å²) in [7, 11) is 0. The molecule has 0 aliphatic rings. The summed E-state index contributed by atoms with van der Waals surface area (Å²) in [5.74, 6) is 0. The maximum absolute atomic E-state index is 4.38. The number of halogens is 1. The number of fused-ring (bicyclic) bond motifs is 1. The molecule has 94 valence electrons. The molecule has 0 aliphatic carbocycles. The molecule has 0 saturated carbocycles. The molecule has 1 aromatic carbocycles. The molecule has 0 fully saturated rings. The molecule has 0 bridgehead atoms. The molecule has 0 radical (unpaired) electrons. The van der Waals surface area contributed by atoms with Crippen molar-refractivity contribution in [1.82, 2.24) is 4.98 Å². The maximum Gasteiger partial charge on any atom is 0.353 e. The topological polar surface area (TPSA) is 44.4 Å². The minimum absolute atomic E-state index is 0.835. The third kappa shape index (κ3) is 2.51. The highest BCUT2D eigenvalue weighted by Crippen LogP contribution is 2.30. The molecular formula is C14H12IN4+. The van der Waals surface area contributed by atoms with Crippen LogP contribution in [0, 0.1) is 6.92 Å². The fraction of sp³-hybridized carbons (Fsp3) is 0.0714. The first-order chi connectivity index (χ1) is 9.24. The van der Waals surface area contributed by atoms with Crippen LogP contribution in [0.2, 0.25) is 0 Å². The SMILES string of the molecule is Cc1[nH]c2ccccc2c1N=Nc1ccc[n+](I)c1. The van der Waals surface area contributed by atoms with Crippen molar-refractivity contribution in [3.05, 3.63) is 54.5 Å². The highest BCUT2D eigenvalue weighted by Gasteiger charge is 2.07. The van der Waals surface area contributed by atoms with Gasteiger partial charge in [0.2, 0.25) is 6.20 Å². The van der Waals surface area contributed by atoms with Crippen molar-refractivity contribution in [3.63, 3.8) is 0 Å². The van der Waals surface area contributed by atoms with E-state index in [-0.39, 0.29) is 0 Å². The molecule has 0 aliphatic heterocycles. The summed E-state index contributed by atoms with van der Waals surface area (Å²) in [5, 5.41) is 9.78. The first kappa shape index (κ1) is 12.3. The number of aromatic amines is 1. The minimum Gasteiger partial charge on any atom is -0.357 e. The van der Waals surface area contributed by atoms with E-state index >= 15 is 0 Å². The van der Waals surface area contributed by atoms with E-state index < -0.39 is 0 Å². The Kier molecular flexibility index (Phi) is 3.29. The Morgan fingerprint density at radius 3 is 2.79 bits per heavy atom. The third-order valence-electron chi connectivity index (χ3n) is 2.88. The highest BCUT2D eigenvalue weighted by atomic mass is 127. The van der Waals surface area contributed by atoms with E-state index in [1.165, 1.54) is 0 Å². The predicted molar refractivity (Wildman–Crippen MR) is 83.3 cm³/mol. The van der Waals surface area contributed by atoms with E-state index in [9.17, 15) is 0 Å². The molecule has 0 spiro atoms. The van der Waals surface area contributed by atoms with Gasteiger partial charge in [-0.1, -0.05) is 18.2 Å². The summed E-state index contributed by atoms with van der Waals surface area (Å²) in [6.45, 7) is 2.01. The molecule has 1 N–H and O–H groups in total. The number of rotatable bonds is 2. The standard InChI is InChI=1S/C14H12IN4/c1-10-14(12-6-2-3-7-13(12)16-10)18-17-11-5-4-8-19(15)9-11/h2-9,16H,1H3/q+1. The van der Waals surface area contributed by atoms with Gasteiger partial charge in [-0.3, -0.25) is 0 Å². The normalized spacial score (nSPS) is 11.5. The number of benzene rings is 1. The van der Waals surface area contributed by atoms with Crippen LogP contribution in [-0.4, -0.2) is 4.98 Å². The first-order valence-electron chi connectivity index (χ1n) is 5.90. The maximum atomic E-state index is 4.38. The van der Waals surface area contributed by atoms with Gasteiger partial charge in [0, 0.05) is 22.7 Å². The molecule has 0 amide bonds. The molecule has 3 rings (SSSR count). The lowest BCUT2D eigenvalue weighted by Gasteiger charge is -1.92. The van der Waals surface area contributed by atoms with Crippen molar-refractivity contribution in [1.29, 1.82) is 0 Å². The van der Waals surface area contributed by atoms with Crippen LogP contribution >= 0.6 is 22.9 Å². The Labute approximate surface area is 124 Å². The van der Waals surface area contributed by atoms with Gasteiger partial charge in [0.25, 0.3) is 0 Å². The summed E-state index contributed by atoms with van der Waals surface area (Å²) < 4.78 is 1.92. The van der Waals surface area contributed by atoms with Gasteiger partial charge in [0.05, 0.1) is 0 Å². The fourth-order valence-corrected chi connectivity index (χ4v) is 2.46. The largest absolute Gasteiger partial charge is 0.357 e. The van der Waals surface area contributed by atoms with Crippen LogP contribution in [0.4, 0.5) is 11.4 Å². The summed E-state index contributed by atoms with van der Waals surface area (Å²) in [5.41, 5.74) is 3.86. The number of nitrogens with zero attached hydrogens (tertiary/aromatic N) is 3. The molecule has 2 heterocycles. The fourth-order valence-electron chi connectivity index (χ4n) is 1.99. The Morgan fingerprint density at radius 2 is 1.95 bits per heavy atom. The minimum atomic E-state index is 0.835. The van der Waals surface area contributed by atoms with Crippen molar-refractivity contribution >= 4 is 45.1 Å². The van der Waals surface area contributed by atoms with Gasteiger partial charge in [-0.15, -0.1) is 13.0 Å². The molecule has 0 saturated heterocycles. The van der Waals surface area contributed by atoms with Crippen molar-refractivity contribution < 1.29 is 2.78 Å². The van der Waals surface area contributed by atoms with Gasteiger partial charge in [-0.2, -0.15) is 0 Å². The second-order valence-corrected chi connectivity index (χ2v) is 5.36. The Balaban J connectivity index is 2.03. The zero-order valence-electron chi connectivity index (χ0n) is 10.3. The van der Waals surface area contributed by atoms with E-state index in [4.69, 9.17) is 0 Å². The van der Waals surface area contributed by atoms with Crippen LogP contribution in [0.3, 0.4) is 0 Å². The summed E-state index contributed by atoms with van der Waals surface area (Å²) in [4.78, 5) is 3.31. The van der Waals surface area contributed by atoms with Crippen molar-refractivity contribution in [2.45, 2.75) is 6.92 Å². The van der Waals surface area contributed by atoms with Crippen molar-refractivity contribution in [3.8, 4) is 0 Å². The molecule has 19 heavy (non-hydrogen) atoms.